The molecule has 3 nitrogen and oxygen atoms in total. The molecule has 0 aromatic heterocycles. The van der Waals surface area contributed by atoms with E-state index >= 15 is 0 Å². The largest absolute Gasteiger partial charge is 0.377 e. The van der Waals surface area contributed by atoms with Crippen molar-refractivity contribution in [1.29, 1.82) is 0 Å². The van der Waals surface area contributed by atoms with Crippen molar-refractivity contribution in [3.8, 4) is 0 Å². The van der Waals surface area contributed by atoms with Gasteiger partial charge in [-0.1, -0.05) is 31.0 Å². The smallest absolute Gasteiger partial charge is 0.127 e. The molecule has 4 heteroatoms. The van der Waals surface area contributed by atoms with Crippen molar-refractivity contribution < 1.29 is 9.13 Å². The van der Waals surface area contributed by atoms with Crippen molar-refractivity contribution in [2.24, 2.45) is 5.92 Å². The topological polar surface area (TPSA) is 15.7 Å². The molecular weight excluding hydrogens is 339 g/mol. The van der Waals surface area contributed by atoms with E-state index in [2.05, 4.69) is 9.80 Å². The standard InChI is InChI=1S/C23H35FN2O/c24-23-10-4-1-6-20(23)17-25(18-22-9-5-15-27-22)16-19-11-13-26(14-12-19)21-7-2-3-8-21/h1,4,6,10,19,21-22H,2-3,5,7-9,11-18H2/t22-/m1/s1. The van der Waals surface area contributed by atoms with E-state index in [0.717, 1.165) is 50.1 Å². The zero-order valence-corrected chi connectivity index (χ0v) is 16.6. The Bertz CT molecular complexity index is 575. The van der Waals surface area contributed by atoms with Gasteiger partial charge in [0.15, 0.2) is 0 Å². The third-order valence-corrected chi connectivity index (χ3v) is 6.84. The Balaban J connectivity index is 1.33. The fraction of sp³-hybridized carbons (Fsp3) is 0.739. The van der Waals surface area contributed by atoms with Crippen molar-refractivity contribution in [1.82, 2.24) is 9.80 Å². The van der Waals surface area contributed by atoms with Crippen molar-refractivity contribution in [2.75, 3.05) is 32.8 Å². The predicted molar refractivity (Wildman–Crippen MR) is 107 cm³/mol. The first-order valence-electron chi connectivity index (χ1n) is 11.1. The predicted octanol–water partition coefficient (Wildman–Crippen LogP) is 4.46. The van der Waals surface area contributed by atoms with E-state index in [9.17, 15) is 4.39 Å². The first-order valence-corrected chi connectivity index (χ1v) is 11.1. The first kappa shape index (κ1) is 19.4. The molecule has 3 aliphatic rings. The van der Waals surface area contributed by atoms with Crippen LogP contribution >= 0.6 is 0 Å². The number of benzene rings is 1. The summed E-state index contributed by atoms with van der Waals surface area (Å²) in [5.41, 5.74) is 0.818. The van der Waals surface area contributed by atoms with Crippen LogP contribution in [0.15, 0.2) is 24.3 Å². The maximum absolute atomic E-state index is 14.2. The van der Waals surface area contributed by atoms with E-state index in [4.69, 9.17) is 4.74 Å². The second-order valence-electron chi connectivity index (χ2n) is 8.84. The van der Waals surface area contributed by atoms with Gasteiger partial charge < -0.3 is 9.64 Å². The van der Waals surface area contributed by atoms with Gasteiger partial charge in [0, 0.05) is 37.8 Å². The van der Waals surface area contributed by atoms with Gasteiger partial charge in [-0.15, -0.1) is 0 Å². The molecule has 150 valence electrons. The molecule has 0 radical (unpaired) electrons. The number of rotatable bonds is 7. The van der Waals surface area contributed by atoms with Gasteiger partial charge in [0.25, 0.3) is 0 Å². The van der Waals surface area contributed by atoms with Crippen LogP contribution in [0.4, 0.5) is 4.39 Å². The maximum atomic E-state index is 14.2. The molecule has 27 heavy (non-hydrogen) atoms. The number of hydrogen-bond donors (Lipinski definition) is 0. The summed E-state index contributed by atoms with van der Waals surface area (Å²) in [6, 6.07) is 8.10. The molecule has 0 spiro atoms. The molecule has 0 N–H and O–H groups in total. The highest BCUT2D eigenvalue weighted by molar-refractivity contribution is 5.17. The number of ether oxygens (including phenoxy) is 1. The summed E-state index contributed by atoms with van der Waals surface area (Å²) in [5, 5.41) is 0. The molecule has 0 amide bonds. The number of likely N-dealkylation sites (tertiary alicyclic amines) is 1. The Morgan fingerprint density at radius 3 is 2.44 bits per heavy atom. The van der Waals surface area contributed by atoms with Crippen LogP contribution in [-0.4, -0.2) is 54.7 Å². The number of nitrogens with zero attached hydrogens (tertiary/aromatic N) is 2. The molecule has 1 aliphatic carbocycles. The zero-order chi connectivity index (χ0) is 18.5. The van der Waals surface area contributed by atoms with Crippen LogP contribution < -0.4 is 0 Å². The van der Waals surface area contributed by atoms with Gasteiger partial charge in [-0.2, -0.15) is 0 Å². The van der Waals surface area contributed by atoms with Gasteiger partial charge in [0.2, 0.25) is 0 Å². The Morgan fingerprint density at radius 1 is 0.963 bits per heavy atom. The second-order valence-corrected chi connectivity index (χ2v) is 8.84. The Morgan fingerprint density at radius 2 is 1.74 bits per heavy atom. The summed E-state index contributed by atoms with van der Waals surface area (Å²) < 4.78 is 20.1. The summed E-state index contributed by atoms with van der Waals surface area (Å²) in [4.78, 5) is 5.20. The van der Waals surface area contributed by atoms with E-state index in [0.29, 0.717) is 12.6 Å². The lowest BCUT2D eigenvalue weighted by atomic mass is 9.94. The molecule has 2 saturated heterocycles. The number of halogens is 1. The second kappa shape index (κ2) is 9.49. The molecular formula is C23H35FN2O. The highest BCUT2D eigenvalue weighted by Crippen LogP contribution is 2.28. The van der Waals surface area contributed by atoms with E-state index in [1.54, 1.807) is 12.1 Å². The SMILES string of the molecule is Fc1ccccc1CN(CC1CCN(C2CCCC2)CC1)C[C@H]1CCCO1. The fourth-order valence-corrected chi connectivity index (χ4v) is 5.28. The molecule has 2 heterocycles. The van der Waals surface area contributed by atoms with Gasteiger partial charge in [0.05, 0.1) is 6.10 Å². The van der Waals surface area contributed by atoms with E-state index in [1.807, 2.05) is 12.1 Å². The molecule has 1 saturated carbocycles. The van der Waals surface area contributed by atoms with Gasteiger partial charge in [-0.05, 0) is 63.6 Å². The molecule has 0 bridgehead atoms. The first-order chi connectivity index (χ1) is 13.3. The van der Waals surface area contributed by atoms with Crippen molar-refractivity contribution in [2.45, 2.75) is 70.1 Å². The van der Waals surface area contributed by atoms with Crippen LogP contribution in [0, 0.1) is 11.7 Å². The van der Waals surface area contributed by atoms with Gasteiger partial charge in [0.1, 0.15) is 5.82 Å². The molecule has 1 aromatic rings. The molecule has 4 rings (SSSR count). The van der Waals surface area contributed by atoms with Crippen LogP contribution in [0.5, 0.6) is 0 Å². The fourth-order valence-electron chi connectivity index (χ4n) is 5.28. The van der Waals surface area contributed by atoms with E-state index < -0.39 is 0 Å². The maximum Gasteiger partial charge on any atom is 0.127 e. The van der Waals surface area contributed by atoms with Crippen LogP contribution in [0.25, 0.3) is 0 Å². The van der Waals surface area contributed by atoms with Crippen LogP contribution in [0.1, 0.15) is 56.9 Å². The Kier molecular flexibility index (Phi) is 6.80. The van der Waals surface area contributed by atoms with Crippen LogP contribution in [0.2, 0.25) is 0 Å². The van der Waals surface area contributed by atoms with E-state index in [1.165, 1.54) is 51.6 Å². The molecule has 0 unspecified atom stereocenters. The third-order valence-electron chi connectivity index (χ3n) is 6.84. The molecule has 1 aromatic carbocycles. The minimum Gasteiger partial charge on any atom is -0.377 e. The van der Waals surface area contributed by atoms with Crippen molar-refractivity contribution in [3.05, 3.63) is 35.6 Å². The number of piperidine rings is 1. The lowest BCUT2D eigenvalue weighted by Crippen LogP contribution is -2.43. The normalized spacial score (nSPS) is 25.6. The minimum atomic E-state index is -0.0779. The summed E-state index contributed by atoms with van der Waals surface area (Å²) in [6.07, 6.45) is 10.9. The molecule has 1 atom stereocenters. The average Bonchev–Trinajstić information content (AvgIpc) is 3.38. The minimum absolute atomic E-state index is 0.0779. The third kappa shape index (κ3) is 5.30. The quantitative estimate of drug-likeness (QED) is 0.701. The molecule has 3 fully saturated rings. The van der Waals surface area contributed by atoms with Gasteiger partial charge in [-0.25, -0.2) is 4.39 Å². The summed E-state index contributed by atoms with van der Waals surface area (Å²) in [5.74, 6) is 0.654. The molecule has 2 aliphatic heterocycles. The Hall–Kier alpha value is -0.970. The summed E-state index contributed by atoms with van der Waals surface area (Å²) in [6.45, 7) is 6.11. The van der Waals surface area contributed by atoms with E-state index in [-0.39, 0.29) is 5.82 Å². The van der Waals surface area contributed by atoms with Crippen molar-refractivity contribution in [3.63, 3.8) is 0 Å². The highest BCUT2D eigenvalue weighted by atomic mass is 19.1. The Labute approximate surface area is 163 Å². The van der Waals surface area contributed by atoms with Gasteiger partial charge in [-0.3, -0.25) is 4.90 Å². The van der Waals surface area contributed by atoms with Crippen LogP contribution in [0.3, 0.4) is 0 Å². The van der Waals surface area contributed by atoms with Crippen molar-refractivity contribution >= 4 is 0 Å². The highest BCUT2D eigenvalue weighted by Gasteiger charge is 2.29. The summed E-state index contributed by atoms with van der Waals surface area (Å²) >= 11 is 0. The summed E-state index contributed by atoms with van der Waals surface area (Å²) in [7, 11) is 0. The average molecular weight is 375 g/mol. The number of hydrogen-bond acceptors (Lipinski definition) is 3. The van der Waals surface area contributed by atoms with Crippen LogP contribution in [-0.2, 0) is 11.3 Å². The van der Waals surface area contributed by atoms with Gasteiger partial charge >= 0.3 is 0 Å². The lowest BCUT2D eigenvalue weighted by molar-refractivity contribution is 0.0536. The lowest BCUT2D eigenvalue weighted by Gasteiger charge is -2.38. The monoisotopic (exact) mass is 374 g/mol. The zero-order valence-electron chi connectivity index (χ0n) is 16.6.